The molecule has 2 aliphatic rings. The number of benzene rings is 4. The van der Waals surface area contributed by atoms with Gasteiger partial charge in [-0.15, -0.1) is 13.2 Å². The molecule has 2 saturated heterocycles. The molecule has 0 aliphatic carbocycles. The van der Waals surface area contributed by atoms with Crippen LogP contribution in [-0.4, -0.2) is 138 Å². The number of hydrogen-bond donors (Lipinski definition) is 5. The van der Waals surface area contributed by atoms with Crippen LogP contribution in [0.4, 0.5) is 4.79 Å². The predicted molar refractivity (Wildman–Crippen MR) is 316 cm³/mol. The second-order valence-electron chi connectivity index (χ2n) is 21.8. The molecule has 15 nitrogen and oxygen atoms in total. The highest BCUT2D eigenvalue weighted by Crippen LogP contribution is 2.23. The Balaban J connectivity index is 0.000000330. The van der Waals surface area contributed by atoms with E-state index in [1.807, 2.05) is 126 Å². The molecule has 0 saturated carbocycles. The number of aryl methyl sites for hydroxylation is 2. The molecule has 2 fully saturated rings. The molecule has 2 aliphatic heterocycles. The van der Waals surface area contributed by atoms with Gasteiger partial charge in [0.2, 0.25) is 29.5 Å². The highest BCUT2D eigenvalue weighted by molar-refractivity contribution is 5.92. The molecule has 0 aromatic heterocycles. The molecule has 5 N–H and O–H groups in total. The van der Waals surface area contributed by atoms with Crippen molar-refractivity contribution < 1.29 is 33.5 Å². The third-order valence-electron chi connectivity index (χ3n) is 14.2. The summed E-state index contributed by atoms with van der Waals surface area (Å²) in [4.78, 5) is 84.5. The fourth-order valence-electron chi connectivity index (χ4n) is 9.72. The first-order valence-corrected chi connectivity index (χ1v) is 28.5. The Labute approximate surface area is 472 Å². The normalized spacial score (nSPS) is 16.4. The van der Waals surface area contributed by atoms with Crippen LogP contribution >= 0.6 is 0 Å². The number of likely N-dealkylation sites (N-methyl/N-ethyl adjacent to an activating group) is 1. The summed E-state index contributed by atoms with van der Waals surface area (Å²) >= 11 is 0. The molecule has 4 aromatic rings. The maximum absolute atomic E-state index is 13.9. The summed E-state index contributed by atoms with van der Waals surface area (Å²) in [5.74, 6) is -0.733. The number of hydrogen-bond acceptors (Lipinski definition) is 9. The molecule has 0 bridgehead atoms. The second-order valence-corrected chi connectivity index (χ2v) is 21.8. The summed E-state index contributed by atoms with van der Waals surface area (Å²) in [6.07, 6.45) is 6.99. The summed E-state index contributed by atoms with van der Waals surface area (Å²) < 4.78 is 5.27. The molecule has 6 rings (SSSR count). The Morgan fingerprint density at radius 1 is 0.595 bits per heavy atom. The van der Waals surface area contributed by atoms with Crippen molar-refractivity contribution >= 4 is 35.6 Å². The smallest absolute Gasteiger partial charge is 0.408 e. The van der Waals surface area contributed by atoms with Gasteiger partial charge in [-0.3, -0.25) is 24.0 Å². The van der Waals surface area contributed by atoms with Crippen LogP contribution in [0, 0.1) is 5.92 Å². The first kappa shape index (κ1) is 64.7. The van der Waals surface area contributed by atoms with Crippen molar-refractivity contribution in [3.05, 3.63) is 157 Å². The highest BCUT2D eigenvalue weighted by Gasteiger charge is 2.37. The van der Waals surface area contributed by atoms with E-state index >= 15 is 0 Å². The van der Waals surface area contributed by atoms with Gasteiger partial charge < -0.3 is 46.0 Å². The number of carbonyl (C=O) groups is 6. The first-order chi connectivity index (χ1) is 37.9. The average Bonchev–Trinajstić information content (AvgIpc) is 4.15. The Bertz CT molecular complexity index is 2440. The molecule has 2 heterocycles. The van der Waals surface area contributed by atoms with Gasteiger partial charge in [0.1, 0.15) is 23.7 Å². The minimum atomic E-state index is -0.846. The lowest BCUT2D eigenvalue weighted by Gasteiger charge is -2.34. The number of likely N-dealkylation sites (tertiary alicyclic amines) is 2. The molecule has 6 amide bonds. The van der Waals surface area contributed by atoms with E-state index in [1.165, 1.54) is 11.1 Å². The van der Waals surface area contributed by atoms with Gasteiger partial charge in [0.05, 0.1) is 6.04 Å². The number of nitrogens with zero attached hydrogens (tertiary/aromatic N) is 3. The SMILES string of the molecule is C=C.CN[C@@H](C)C(=O)N[C@@H](CCc1ccccc1)C(=O)N1CCC[C@H]1CN(CCc1ccccc1)C(=O)C(C)C.C[C@H](NC(=O)OC(C)(C)C)C(=O)N[C@@H](CCc1ccccc1)C(=O)N1CCC[C@H]1CNCCc1ccccc1. The van der Waals surface area contributed by atoms with Gasteiger partial charge in [-0.05, 0) is 135 Å². The van der Waals surface area contributed by atoms with Crippen LogP contribution in [0.15, 0.2) is 134 Å². The Hall–Kier alpha value is -6.84. The maximum Gasteiger partial charge on any atom is 0.408 e. The average molecular weight is 1090 g/mol. The Morgan fingerprint density at radius 2 is 1.01 bits per heavy atom. The summed E-state index contributed by atoms with van der Waals surface area (Å²) in [5, 5.41) is 15.0. The van der Waals surface area contributed by atoms with Crippen molar-refractivity contribution in [2.24, 2.45) is 5.92 Å². The Kier molecular flexibility index (Phi) is 28.0. The van der Waals surface area contributed by atoms with E-state index in [2.05, 4.69) is 64.0 Å². The van der Waals surface area contributed by atoms with E-state index in [0.29, 0.717) is 58.4 Å². The van der Waals surface area contributed by atoms with Gasteiger partial charge in [0, 0.05) is 50.7 Å². The fourth-order valence-corrected chi connectivity index (χ4v) is 9.72. The molecular formula is C64H92N8O7. The molecule has 0 radical (unpaired) electrons. The second kappa shape index (κ2) is 34.2. The largest absolute Gasteiger partial charge is 0.444 e. The van der Waals surface area contributed by atoms with E-state index in [1.54, 1.807) is 41.7 Å². The Morgan fingerprint density at radius 3 is 1.46 bits per heavy atom. The topological polar surface area (TPSA) is 182 Å². The third kappa shape index (κ3) is 22.8. The van der Waals surface area contributed by atoms with Crippen LogP contribution in [0.5, 0.6) is 0 Å². The molecule has 0 unspecified atom stereocenters. The number of nitrogens with one attached hydrogen (secondary N) is 5. The molecule has 4 aromatic carbocycles. The standard InChI is InChI=1S/C31H44N4O4.C31H44N4O3.C2H4/c1-23(33-30(38)39-31(2,3)4)28(36)34-27(18-17-24-12-7-5-8-13-24)29(37)35-21-11-16-26(35)22-32-20-19-25-14-9-6-10-15-25;1-23(2)30(37)34(21-19-26-14-9-6-10-15-26)22-27-16-11-20-35(27)31(38)28(33-29(36)24(3)32-4)18-17-25-12-7-5-8-13-25;1-2/h5-10,12-15,23,26-27,32H,11,16-22H2,1-4H3,(H,33,38)(H,34,36);5-10,12-15,23-24,27-28,32H,11,16-22H2,1-4H3,(H,33,36);1-2H2/t23-,26-,27-;24-,27-,28-;/m00./s1. The summed E-state index contributed by atoms with van der Waals surface area (Å²) in [7, 11) is 1.73. The van der Waals surface area contributed by atoms with Crippen LogP contribution < -0.4 is 26.6 Å². The number of ether oxygens (including phenoxy) is 1. The van der Waals surface area contributed by atoms with Gasteiger partial charge >= 0.3 is 6.09 Å². The first-order valence-electron chi connectivity index (χ1n) is 28.5. The number of alkyl carbamates (subject to hydrolysis) is 1. The van der Waals surface area contributed by atoms with Crippen molar-refractivity contribution in [2.45, 2.75) is 155 Å². The zero-order chi connectivity index (χ0) is 57.7. The van der Waals surface area contributed by atoms with Crippen LogP contribution in [0.2, 0.25) is 0 Å². The predicted octanol–water partition coefficient (Wildman–Crippen LogP) is 8.07. The minimum absolute atomic E-state index is 0.0555. The lowest BCUT2D eigenvalue weighted by atomic mass is 10.0. The number of rotatable bonds is 25. The lowest BCUT2D eigenvalue weighted by molar-refractivity contribution is -0.140. The lowest BCUT2D eigenvalue weighted by Crippen LogP contribution is -2.55. The van der Waals surface area contributed by atoms with E-state index in [-0.39, 0.29) is 41.6 Å². The van der Waals surface area contributed by atoms with Crippen LogP contribution in [0.3, 0.4) is 0 Å². The number of amides is 6. The molecule has 6 atom stereocenters. The van der Waals surface area contributed by atoms with Gasteiger partial charge in [-0.2, -0.15) is 0 Å². The van der Waals surface area contributed by atoms with Crippen molar-refractivity contribution in [2.75, 3.05) is 46.3 Å². The quantitative estimate of drug-likeness (QED) is 0.0324. The summed E-state index contributed by atoms with van der Waals surface area (Å²) in [5.41, 5.74) is 4.03. The van der Waals surface area contributed by atoms with Gasteiger partial charge in [0.25, 0.3) is 0 Å². The van der Waals surface area contributed by atoms with Gasteiger partial charge in [-0.1, -0.05) is 135 Å². The van der Waals surface area contributed by atoms with Gasteiger partial charge in [0.15, 0.2) is 0 Å². The fraction of sp³-hybridized carbons (Fsp3) is 0.500. The molecule has 15 heteroatoms. The summed E-state index contributed by atoms with van der Waals surface area (Å²) in [6.45, 7) is 22.5. The van der Waals surface area contributed by atoms with Crippen molar-refractivity contribution in [1.82, 2.24) is 41.3 Å². The molecule has 79 heavy (non-hydrogen) atoms. The van der Waals surface area contributed by atoms with E-state index < -0.39 is 41.8 Å². The summed E-state index contributed by atoms with van der Waals surface area (Å²) in [6, 6.07) is 38.0. The number of carbonyl (C=O) groups excluding carboxylic acids is 6. The molecular weight excluding hydrogens is 993 g/mol. The van der Waals surface area contributed by atoms with Crippen molar-refractivity contribution in [3.63, 3.8) is 0 Å². The third-order valence-corrected chi connectivity index (χ3v) is 14.2. The monoisotopic (exact) mass is 1080 g/mol. The van der Waals surface area contributed by atoms with Gasteiger partial charge in [-0.25, -0.2) is 4.79 Å². The van der Waals surface area contributed by atoms with E-state index in [9.17, 15) is 28.8 Å². The zero-order valence-corrected chi connectivity index (χ0v) is 48.5. The maximum atomic E-state index is 13.9. The van der Waals surface area contributed by atoms with Crippen molar-refractivity contribution in [3.8, 4) is 0 Å². The van der Waals surface area contributed by atoms with E-state index in [4.69, 9.17) is 4.74 Å². The van der Waals surface area contributed by atoms with Crippen LogP contribution in [0.25, 0.3) is 0 Å². The van der Waals surface area contributed by atoms with Crippen LogP contribution in [0.1, 0.15) is 109 Å². The highest BCUT2D eigenvalue weighted by atomic mass is 16.6. The van der Waals surface area contributed by atoms with Crippen LogP contribution in [-0.2, 0) is 54.4 Å². The minimum Gasteiger partial charge on any atom is -0.444 e. The van der Waals surface area contributed by atoms with E-state index in [0.717, 1.165) is 56.2 Å². The van der Waals surface area contributed by atoms with Crippen molar-refractivity contribution in [1.29, 1.82) is 0 Å². The molecule has 0 spiro atoms. The molecule has 430 valence electrons. The zero-order valence-electron chi connectivity index (χ0n) is 48.5.